The summed E-state index contributed by atoms with van der Waals surface area (Å²) >= 11 is 3.39. The molecule has 3 aromatic carbocycles. The molecule has 0 spiro atoms. The Labute approximate surface area is 185 Å². The number of carbonyl (C=O) groups is 2. The van der Waals surface area contributed by atoms with Crippen molar-refractivity contribution >= 4 is 33.1 Å². The van der Waals surface area contributed by atoms with E-state index < -0.39 is 0 Å². The highest BCUT2D eigenvalue weighted by Gasteiger charge is 2.28. The molecule has 1 aliphatic rings. The number of halogens is 1. The summed E-state index contributed by atoms with van der Waals surface area (Å²) < 4.78 is 0.927. The zero-order valence-electron chi connectivity index (χ0n) is 16.4. The van der Waals surface area contributed by atoms with Gasteiger partial charge in [-0.2, -0.15) is 0 Å². The third kappa shape index (κ3) is 4.42. The van der Waals surface area contributed by atoms with Gasteiger partial charge in [0, 0.05) is 27.9 Å². The molecule has 0 bridgehead atoms. The van der Waals surface area contributed by atoms with Gasteiger partial charge in [0.2, 0.25) is 0 Å². The van der Waals surface area contributed by atoms with Crippen molar-refractivity contribution in [3.8, 4) is 0 Å². The van der Waals surface area contributed by atoms with Gasteiger partial charge in [0.05, 0.1) is 0 Å². The van der Waals surface area contributed by atoms with Gasteiger partial charge in [-0.3, -0.25) is 9.59 Å². The van der Waals surface area contributed by atoms with E-state index in [4.69, 9.17) is 0 Å². The van der Waals surface area contributed by atoms with Gasteiger partial charge in [-0.1, -0.05) is 101 Å². The fourth-order valence-electron chi connectivity index (χ4n) is 3.81. The van der Waals surface area contributed by atoms with Crippen LogP contribution in [0.1, 0.15) is 34.3 Å². The molecular weight excluding hydrogens is 436 g/mol. The normalized spacial score (nSPS) is 15.8. The second kappa shape index (κ2) is 9.19. The molecule has 0 aliphatic heterocycles. The Balaban J connectivity index is 1.70. The molecule has 30 heavy (non-hydrogen) atoms. The Bertz CT molecular complexity index is 1070. The lowest BCUT2D eigenvalue weighted by molar-refractivity contribution is -0.119. The Morgan fingerprint density at radius 2 is 1.37 bits per heavy atom. The predicted molar refractivity (Wildman–Crippen MR) is 124 cm³/mol. The highest BCUT2D eigenvalue weighted by Crippen LogP contribution is 2.33. The molecule has 4 rings (SSSR count). The highest BCUT2D eigenvalue weighted by molar-refractivity contribution is 9.10. The van der Waals surface area contributed by atoms with E-state index in [-0.39, 0.29) is 23.9 Å². The van der Waals surface area contributed by atoms with E-state index in [1.165, 1.54) is 0 Å². The Morgan fingerprint density at radius 1 is 0.800 bits per heavy atom. The van der Waals surface area contributed by atoms with Crippen molar-refractivity contribution in [3.05, 3.63) is 124 Å². The molecule has 0 heterocycles. The molecule has 3 aromatic rings. The van der Waals surface area contributed by atoms with Crippen LogP contribution in [0.25, 0.3) is 5.57 Å². The average molecular weight is 457 g/mol. The quantitative estimate of drug-likeness (QED) is 0.317. The number of ketones is 2. The Hall–Kier alpha value is -3.04. The fourth-order valence-corrected chi connectivity index (χ4v) is 4.07. The van der Waals surface area contributed by atoms with Gasteiger partial charge in [0.15, 0.2) is 11.6 Å². The lowest BCUT2D eigenvalue weighted by atomic mass is 9.80. The van der Waals surface area contributed by atoms with Crippen molar-refractivity contribution in [2.75, 3.05) is 0 Å². The van der Waals surface area contributed by atoms with E-state index in [0.29, 0.717) is 17.6 Å². The van der Waals surface area contributed by atoms with Crippen molar-refractivity contribution in [2.24, 2.45) is 5.92 Å². The monoisotopic (exact) mass is 456 g/mol. The Morgan fingerprint density at radius 3 is 1.93 bits per heavy atom. The summed E-state index contributed by atoms with van der Waals surface area (Å²) in [5.41, 5.74) is 4.22. The molecule has 0 saturated heterocycles. The van der Waals surface area contributed by atoms with Crippen LogP contribution in [0.4, 0.5) is 0 Å². The van der Waals surface area contributed by atoms with Crippen LogP contribution in [0.5, 0.6) is 0 Å². The Kier molecular flexibility index (Phi) is 6.20. The number of hydrogen-bond acceptors (Lipinski definition) is 2. The molecular formula is C27H21BrO2. The zero-order valence-corrected chi connectivity index (χ0v) is 18.0. The second-order valence-electron chi connectivity index (χ2n) is 7.35. The molecule has 1 aliphatic carbocycles. The number of allylic oxidation sites excluding steroid dienone is 3. The van der Waals surface area contributed by atoms with Gasteiger partial charge < -0.3 is 0 Å². The van der Waals surface area contributed by atoms with Crippen molar-refractivity contribution in [1.82, 2.24) is 0 Å². The zero-order chi connectivity index (χ0) is 20.9. The molecule has 0 fully saturated rings. The molecule has 0 aromatic heterocycles. The lowest BCUT2D eigenvalue weighted by Gasteiger charge is -2.22. The molecule has 3 heteroatoms. The minimum absolute atomic E-state index is 0.00327. The third-order valence-electron chi connectivity index (χ3n) is 5.33. The molecule has 1 unspecified atom stereocenters. The molecule has 2 nitrogen and oxygen atoms in total. The van der Waals surface area contributed by atoms with Crippen LogP contribution < -0.4 is 0 Å². The summed E-state index contributed by atoms with van der Waals surface area (Å²) in [5.74, 6) is -0.314. The van der Waals surface area contributed by atoms with Crippen molar-refractivity contribution in [2.45, 2.75) is 12.8 Å². The minimum atomic E-state index is -0.344. The van der Waals surface area contributed by atoms with Crippen LogP contribution in [-0.2, 0) is 4.79 Å². The van der Waals surface area contributed by atoms with Crippen molar-refractivity contribution < 1.29 is 9.59 Å². The number of Topliss-reactive ketones (excluding diaryl/α,β-unsaturated/α-hetero) is 2. The molecule has 0 N–H and O–H groups in total. The molecule has 148 valence electrons. The largest absolute Gasteiger partial charge is 0.294 e. The summed E-state index contributed by atoms with van der Waals surface area (Å²) in [6.07, 6.45) is 4.73. The fraction of sp³-hybridized carbons (Fsp3) is 0.111. The minimum Gasteiger partial charge on any atom is -0.294 e. The van der Waals surface area contributed by atoms with Crippen molar-refractivity contribution in [1.29, 1.82) is 0 Å². The second-order valence-corrected chi connectivity index (χ2v) is 8.27. The maximum atomic E-state index is 13.5. The van der Waals surface area contributed by atoms with E-state index in [2.05, 4.69) is 15.9 Å². The lowest BCUT2D eigenvalue weighted by Crippen LogP contribution is -2.23. The summed E-state index contributed by atoms with van der Waals surface area (Å²) in [5, 5.41) is 0. The molecule has 0 amide bonds. The first-order valence-electron chi connectivity index (χ1n) is 9.98. The van der Waals surface area contributed by atoms with E-state index >= 15 is 0 Å². The summed E-state index contributed by atoms with van der Waals surface area (Å²) in [7, 11) is 0. The summed E-state index contributed by atoms with van der Waals surface area (Å²) in [6.45, 7) is 0. The molecule has 1 atom stereocenters. The van der Waals surface area contributed by atoms with E-state index in [1.807, 2.05) is 84.9 Å². The molecule has 0 radical (unpaired) electrons. The van der Waals surface area contributed by atoms with Gasteiger partial charge in [0.1, 0.15) is 0 Å². The van der Waals surface area contributed by atoms with Crippen LogP contribution in [0.2, 0.25) is 0 Å². The van der Waals surface area contributed by atoms with Crippen molar-refractivity contribution in [3.63, 3.8) is 0 Å². The standard InChI is InChI=1S/C27H21BrO2/c28-23-16-14-19(15-17-23)25(29)18-22-12-7-13-24(27(22)30)26(20-8-3-1-4-9-20)21-10-5-2-6-11-21/h1-11,13-17,22H,12,18H2. The first-order chi connectivity index (χ1) is 14.6. The maximum absolute atomic E-state index is 13.5. The first-order valence-corrected chi connectivity index (χ1v) is 10.8. The van der Waals surface area contributed by atoms with E-state index in [9.17, 15) is 9.59 Å². The number of hydrogen-bond donors (Lipinski definition) is 0. The number of rotatable bonds is 5. The molecule has 0 saturated carbocycles. The number of carbonyl (C=O) groups excluding carboxylic acids is 2. The summed E-state index contributed by atoms with van der Waals surface area (Å²) in [6, 6.07) is 27.2. The summed E-state index contributed by atoms with van der Waals surface area (Å²) in [4.78, 5) is 26.2. The van der Waals surface area contributed by atoms with E-state index in [0.717, 1.165) is 21.2 Å². The predicted octanol–water partition coefficient (Wildman–Crippen LogP) is 6.67. The number of benzene rings is 3. The van der Waals surface area contributed by atoms with Gasteiger partial charge in [0.25, 0.3) is 0 Å². The van der Waals surface area contributed by atoms with E-state index in [1.54, 1.807) is 12.1 Å². The van der Waals surface area contributed by atoms with Crippen LogP contribution >= 0.6 is 15.9 Å². The van der Waals surface area contributed by atoms with Gasteiger partial charge in [-0.05, 0) is 35.3 Å². The van der Waals surface area contributed by atoms with Crippen LogP contribution in [0.3, 0.4) is 0 Å². The van der Waals surface area contributed by atoms with Crippen LogP contribution in [-0.4, -0.2) is 11.6 Å². The first kappa shape index (κ1) is 20.2. The van der Waals surface area contributed by atoms with Gasteiger partial charge in [-0.25, -0.2) is 0 Å². The van der Waals surface area contributed by atoms with Gasteiger partial charge in [-0.15, -0.1) is 0 Å². The maximum Gasteiger partial charge on any atom is 0.167 e. The topological polar surface area (TPSA) is 34.1 Å². The van der Waals surface area contributed by atoms with Crippen LogP contribution in [0, 0.1) is 5.92 Å². The van der Waals surface area contributed by atoms with Crippen LogP contribution in [0.15, 0.2) is 107 Å². The SMILES string of the molecule is O=C(CC1CC=CC(=C(c2ccccc2)c2ccccc2)C1=O)c1ccc(Br)cc1. The van der Waals surface area contributed by atoms with Gasteiger partial charge >= 0.3 is 0 Å². The average Bonchev–Trinajstić information content (AvgIpc) is 2.78. The highest BCUT2D eigenvalue weighted by atomic mass is 79.9. The third-order valence-corrected chi connectivity index (χ3v) is 5.86. The smallest absolute Gasteiger partial charge is 0.167 e.